The van der Waals surface area contributed by atoms with Crippen molar-refractivity contribution in [2.24, 2.45) is 0 Å². The average molecular weight is 296 g/mol. The fraction of sp³-hybridized carbons (Fsp3) is 0.111. The normalized spacial score (nSPS) is 10.4. The second-order valence-electron chi connectivity index (χ2n) is 4.39. The molecule has 4 nitrogen and oxygen atoms in total. The van der Waals surface area contributed by atoms with Gasteiger partial charge in [-0.25, -0.2) is 4.79 Å². The van der Waals surface area contributed by atoms with Gasteiger partial charge in [-0.3, -0.25) is 4.79 Å². The number of benzene rings is 2. The predicted octanol–water partition coefficient (Wildman–Crippen LogP) is 3.78. The summed E-state index contributed by atoms with van der Waals surface area (Å²) in [6.07, 6.45) is 2.32. The summed E-state index contributed by atoms with van der Waals surface area (Å²) >= 11 is 0. The lowest BCUT2D eigenvalue weighted by molar-refractivity contribution is -0.137. The van der Waals surface area contributed by atoms with Gasteiger partial charge >= 0.3 is 5.97 Å². The Morgan fingerprint density at radius 2 is 1.55 bits per heavy atom. The molecule has 0 unspecified atom stereocenters. The van der Waals surface area contributed by atoms with E-state index in [2.05, 4.69) is 0 Å². The van der Waals surface area contributed by atoms with Crippen molar-refractivity contribution in [3.8, 4) is 11.5 Å². The molecule has 0 aliphatic heterocycles. The topological polar surface area (TPSA) is 52.6 Å². The van der Waals surface area contributed by atoms with Gasteiger partial charge in [-0.15, -0.1) is 0 Å². The Morgan fingerprint density at radius 3 is 2.18 bits per heavy atom. The minimum Gasteiger partial charge on any atom is -0.463 e. The summed E-state index contributed by atoms with van der Waals surface area (Å²) < 4.78 is 10.4. The van der Waals surface area contributed by atoms with Gasteiger partial charge in [0.05, 0.1) is 6.61 Å². The number of carbonyl (C=O) groups excluding carboxylic acids is 2. The van der Waals surface area contributed by atoms with E-state index in [4.69, 9.17) is 9.47 Å². The molecule has 2 aromatic carbocycles. The third-order valence-corrected chi connectivity index (χ3v) is 2.78. The van der Waals surface area contributed by atoms with Gasteiger partial charge in [0, 0.05) is 11.6 Å². The molecular formula is C18H16O4. The van der Waals surface area contributed by atoms with Crippen molar-refractivity contribution in [2.45, 2.75) is 6.92 Å². The molecule has 0 bridgehead atoms. The summed E-state index contributed by atoms with van der Waals surface area (Å²) in [6, 6.07) is 16.1. The minimum absolute atomic E-state index is 0.265. The van der Waals surface area contributed by atoms with Crippen LogP contribution in [0.3, 0.4) is 0 Å². The molecule has 0 saturated heterocycles. The maximum Gasteiger partial charge on any atom is 0.330 e. The fourth-order valence-corrected chi connectivity index (χ4v) is 1.74. The van der Waals surface area contributed by atoms with Crippen LogP contribution in [0.4, 0.5) is 0 Å². The van der Waals surface area contributed by atoms with Gasteiger partial charge in [-0.05, 0) is 49.4 Å². The van der Waals surface area contributed by atoms with E-state index in [0.29, 0.717) is 11.3 Å². The van der Waals surface area contributed by atoms with Crippen molar-refractivity contribution in [3.63, 3.8) is 0 Å². The van der Waals surface area contributed by atoms with Gasteiger partial charge < -0.3 is 9.47 Å². The number of ketones is 1. The first-order valence-electron chi connectivity index (χ1n) is 6.91. The smallest absolute Gasteiger partial charge is 0.330 e. The number of para-hydroxylation sites is 1. The summed E-state index contributed by atoms with van der Waals surface area (Å²) in [5.41, 5.74) is 0.473. The number of ether oxygens (including phenoxy) is 2. The van der Waals surface area contributed by atoms with E-state index in [1.54, 1.807) is 31.2 Å². The van der Waals surface area contributed by atoms with Crippen LogP contribution in [0.25, 0.3) is 0 Å². The van der Waals surface area contributed by atoms with E-state index in [0.717, 1.165) is 11.8 Å². The van der Waals surface area contributed by atoms with E-state index in [1.165, 1.54) is 6.08 Å². The zero-order valence-electron chi connectivity index (χ0n) is 12.2. The van der Waals surface area contributed by atoms with Crippen LogP contribution in [0.2, 0.25) is 0 Å². The molecule has 0 saturated carbocycles. The second kappa shape index (κ2) is 7.78. The van der Waals surface area contributed by atoms with Gasteiger partial charge in [0.15, 0.2) is 5.78 Å². The Hall–Kier alpha value is -2.88. The van der Waals surface area contributed by atoms with E-state index >= 15 is 0 Å². The highest BCUT2D eigenvalue weighted by Crippen LogP contribution is 2.21. The highest BCUT2D eigenvalue weighted by atomic mass is 16.5. The van der Waals surface area contributed by atoms with Gasteiger partial charge in [-0.2, -0.15) is 0 Å². The molecule has 0 aliphatic carbocycles. The molecule has 0 atom stereocenters. The molecular weight excluding hydrogens is 280 g/mol. The van der Waals surface area contributed by atoms with E-state index in [1.807, 2.05) is 30.3 Å². The molecule has 22 heavy (non-hydrogen) atoms. The molecule has 112 valence electrons. The first-order chi connectivity index (χ1) is 10.7. The monoisotopic (exact) mass is 296 g/mol. The molecule has 0 fully saturated rings. The van der Waals surface area contributed by atoms with Crippen molar-refractivity contribution >= 4 is 11.8 Å². The van der Waals surface area contributed by atoms with Crippen molar-refractivity contribution in [3.05, 3.63) is 72.3 Å². The Balaban J connectivity index is 1.99. The lowest BCUT2D eigenvalue weighted by Crippen LogP contribution is -2.01. The number of esters is 1. The Labute approximate surface area is 129 Å². The van der Waals surface area contributed by atoms with Gasteiger partial charge in [0.25, 0.3) is 0 Å². The van der Waals surface area contributed by atoms with Crippen LogP contribution >= 0.6 is 0 Å². The number of rotatable bonds is 6. The Kier molecular flexibility index (Phi) is 5.49. The molecule has 0 aliphatic rings. The zero-order valence-corrected chi connectivity index (χ0v) is 12.2. The van der Waals surface area contributed by atoms with Crippen molar-refractivity contribution in [1.82, 2.24) is 0 Å². The molecule has 2 aromatic rings. The van der Waals surface area contributed by atoms with Crippen LogP contribution in [0, 0.1) is 0 Å². The maximum absolute atomic E-state index is 11.9. The van der Waals surface area contributed by atoms with Crippen LogP contribution in [0.15, 0.2) is 66.7 Å². The number of hydrogen-bond donors (Lipinski definition) is 0. The molecule has 0 spiro atoms. The second-order valence-corrected chi connectivity index (χ2v) is 4.39. The first-order valence-corrected chi connectivity index (χ1v) is 6.91. The summed E-state index contributed by atoms with van der Waals surface area (Å²) in [4.78, 5) is 23.0. The first kappa shape index (κ1) is 15.5. The largest absolute Gasteiger partial charge is 0.463 e. The summed E-state index contributed by atoms with van der Waals surface area (Å²) in [5.74, 6) is 0.570. The molecule has 0 aromatic heterocycles. The fourth-order valence-electron chi connectivity index (χ4n) is 1.74. The highest BCUT2D eigenvalue weighted by Gasteiger charge is 2.04. The zero-order chi connectivity index (χ0) is 15.8. The maximum atomic E-state index is 11.9. The van der Waals surface area contributed by atoms with E-state index < -0.39 is 5.97 Å². The quantitative estimate of drug-likeness (QED) is 0.462. The van der Waals surface area contributed by atoms with Crippen molar-refractivity contribution < 1.29 is 19.1 Å². The SMILES string of the molecule is CCOC(=O)/C=C/C(=O)c1ccc(Oc2ccccc2)cc1. The molecule has 0 amide bonds. The number of hydrogen-bond acceptors (Lipinski definition) is 4. The lowest BCUT2D eigenvalue weighted by Gasteiger charge is -2.05. The summed E-state index contributed by atoms with van der Waals surface area (Å²) in [7, 11) is 0. The minimum atomic E-state index is -0.528. The number of carbonyl (C=O) groups is 2. The Morgan fingerprint density at radius 1 is 0.909 bits per heavy atom. The standard InChI is InChI=1S/C18H16O4/c1-2-21-18(20)13-12-17(19)14-8-10-16(11-9-14)22-15-6-4-3-5-7-15/h3-13H,2H2,1H3/b13-12+. The van der Waals surface area contributed by atoms with E-state index in [-0.39, 0.29) is 12.4 Å². The number of allylic oxidation sites excluding steroid dienone is 1. The molecule has 2 rings (SSSR count). The molecule has 4 heteroatoms. The van der Waals surface area contributed by atoms with Gasteiger partial charge in [0.2, 0.25) is 0 Å². The molecule has 0 heterocycles. The van der Waals surface area contributed by atoms with Gasteiger partial charge in [0.1, 0.15) is 11.5 Å². The van der Waals surface area contributed by atoms with Crippen LogP contribution in [-0.4, -0.2) is 18.4 Å². The highest BCUT2D eigenvalue weighted by molar-refractivity contribution is 6.07. The van der Waals surface area contributed by atoms with Gasteiger partial charge in [-0.1, -0.05) is 18.2 Å². The third kappa shape index (κ3) is 4.59. The van der Waals surface area contributed by atoms with Crippen LogP contribution in [0.5, 0.6) is 11.5 Å². The Bertz CT molecular complexity index is 657. The van der Waals surface area contributed by atoms with Crippen LogP contribution in [-0.2, 0) is 9.53 Å². The summed E-state index contributed by atoms with van der Waals surface area (Å²) in [5, 5.41) is 0. The average Bonchev–Trinajstić information content (AvgIpc) is 2.54. The molecule has 0 N–H and O–H groups in total. The summed E-state index contributed by atoms with van der Waals surface area (Å²) in [6.45, 7) is 1.99. The van der Waals surface area contributed by atoms with Crippen LogP contribution < -0.4 is 4.74 Å². The predicted molar refractivity (Wildman–Crippen MR) is 83.1 cm³/mol. The molecule has 0 radical (unpaired) electrons. The lowest BCUT2D eigenvalue weighted by atomic mass is 10.1. The third-order valence-electron chi connectivity index (χ3n) is 2.78. The van der Waals surface area contributed by atoms with Crippen LogP contribution in [0.1, 0.15) is 17.3 Å². The van der Waals surface area contributed by atoms with Crippen molar-refractivity contribution in [2.75, 3.05) is 6.61 Å². The van der Waals surface area contributed by atoms with Crippen molar-refractivity contribution in [1.29, 1.82) is 0 Å². The van der Waals surface area contributed by atoms with E-state index in [9.17, 15) is 9.59 Å².